The zero-order valence-corrected chi connectivity index (χ0v) is 18.5. The monoisotopic (exact) mass is 531 g/mol. The van der Waals surface area contributed by atoms with E-state index in [0.717, 1.165) is 11.6 Å². The van der Waals surface area contributed by atoms with Crippen LogP contribution >= 0.6 is 35.6 Å². The van der Waals surface area contributed by atoms with Crippen LogP contribution in [-0.4, -0.2) is 35.2 Å². The van der Waals surface area contributed by atoms with Crippen molar-refractivity contribution in [2.24, 2.45) is 12.0 Å². The molecule has 2 N–H and O–H groups in total. The fourth-order valence-corrected chi connectivity index (χ4v) is 2.39. The molecule has 0 amide bonds. The molecular formula is C17H22ClF3IN5O. The molecule has 2 heterocycles. The van der Waals surface area contributed by atoms with Crippen LogP contribution in [0.5, 0.6) is 5.88 Å². The molecule has 0 aliphatic rings. The summed E-state index contributed by atoms with van der Waals surface area (Å²) in [5.41, 5.74) is 0.159. The van der Waals surface area contributed by atoms with Gasteiger partial charge in [-0.15, -0.1) is 24.0 Å². The molecule has 0 unspecified atom stereocenters. The summed E-state index contributed by atoms with van der Waals surface area (Å²) in [4.78, 5) is 8.08. The fourth-order valence-electron chi connectivity index (χ4n) is 2.17. The molecule has 2 aromatic rings. The minimum Gasteiger partial charge on any atom is -0.475 e. The van der Waals surface area contributed by atoms with Crippen LogP contribution in [0.3, 0.4) is 0 Å². The Morgan fingerprint density at radius 1 is 1.36 bits per heavy atom. The second-order valence-corrected chi connectivity index (χ2v) is 6.07. The van der Waals surface area contributed by atoms with Crippen molar-refractivity contribution in [3.05, 3.63) is 46.9 Å². The summed E-state index contributed by atoms with van der Waals surface area (Å²) in [7, 11) is 1.94. The highest BCUT2D eigenvalue weighted by molar-refractivity contribution is 14.0. The van der Waals surface area contributed by atoms with Gasteiger partial charge in [-0.2, -0.15) is 13.2 Å². The molecule has 2 aromatic heterocycles. The predicted octanol–water partition coefficient (Wildman–Crippen LogP) is 3.84. The van der Waals surface area contributed by atoms with Crippen molar-refractivity contribution in [2.75, 3.05) is 19.7 Å². The molecule has 0 bridgehead atoms. The second kappa shape index (κ2) is 11.3. The number of aromatic nitrogens is 2. The number of guanidine groups is 1. The second-order valence-electron chi connectivity index (χ2n) is 5.66. The summed E-state index contributed by atoms with van der Waals surface area (Å²) < 4.78 is 45.1. The Labute approximate surface area is 183 Å². The average molecular weight is 532 g/mol. The van der Waals surface area contributed by atoms with E-state index in [1.54, 1.807) is 0 Å². The Morgan fingerprint density at radius 2 is 2.11 bits per heavy atom. The largest absolute Gasteiger partial charge is 0.475 e. The number of hydrogen-bond donors (Lipinski definition) is 2. The number of nitrogens with zero attached hydrogens (tertiary/aromatic N) is 3. The van der Waals surface area contributed by atoms with Crippen LogP contribution in [0.4, 0.5) is 13.2 Å². The number of ether oxygens (including phenoxy) is 1. The molecule has 0 aromatic carbocycles. The van der Waals surface area contributed by atoms with Gasteiger partial charge in [-0.3, -0.25) is 0 Å². The van der Waals surface area contributed by atoms with Gasteiger partial charge in [0, 0.05) is 32.2 Å². The SMILES string of the molecule is CCNC(=NCc1ccn(C)c1)NCCOc1ncc(C(F)(F)F)cc1Cl.I. The molecule has 0 fully saturated rings. The van der Waals surface area contributed by atoms with Crippen LogP contribution in [0, 0.1) is 0 Å². The number of aliphatic imine (C=N–C) groups is 1. The van der Waals surface area contributed by atoms with E-state index in [1.165, 1.54) is 0 Å². The summed E-state index contributed by atoms with van der Waals surface area (Å²) >= 11 is 5.80. The van der Waals surface area contributed by atoms with Crippen molar-refractivity contribution in [3.63, 3.8) is 0 Å². The number of halogens is 5. The van der Waals surface area contributed by atoms with Gasteiger partial charge in [0.05, 0.1) is 18.7 Å². The van der Waals surface area contributed by atoms with Crippen molar-refractivity contribution in [1.82, 2.24) is 20.2 Å². The third-order valence-corrected chi connectivity index (χ3v) is 3.70. The maximum Gasteiger partial charge on any atom is 0.417 e. The highest BCUT2D eigenvalue weighted by atomic mass is 127. The number of aryl methyl sites for hydroxylation is 1. The molecule has 6 nitrogen and oxygen atoms in total. The van der Waals surface area contributed by atoms with Crippen LogP contribution in [0.2, 0.25) is 5.02 Å². The number of rotatable bonds is 7. The third-order valence-electron chi connectivity index (χ3n) is 3.43. The molecular weight excluding hydrogens is 510 g/mol. The highest BCUT2D eigenvalue weighted by Gasteiger charge is 2.31. The van der Waals surface area contributed by atoms with Crippen LogP contribution in [0.15, 0.2) is 35.7 Å². The van der Waals surface area contributed by atoms with E-state index in [1.807, 2.05) is 37.0 Å². The molecule has 2 rings (SSSR count). The van der Waals surface area contributed by atoms with Gasteiger partial charge in [-0.1, -0.05) is 11.6 Å². The lowest BCUT2D eigenvalue weighted by Gasteiger charge is -2.13. The van der Waals surface area contributed by atoms with Gasteiger partial charge in [0.2, 0.25) is 5.88 Å². The van der Waals surface area contributed by atoms with Gasteiger partial charge in [0.1, 0.15) is 11.6 Å². The van der Waals surface area contributed by atoms with Gasteiger partial charge in [0.15, 0.2) is 5.96 Å². The molecule has 0 radical (unpaired) electrons. The molecule has 0 aliphatic heterocycles. The van der Waals surface area contributed by atoms with Crippen molar-refractivity contribution >= 4 is 41.5 Å². The Bertz CT molecular complexity index is 782. The molecule has 28 heavy (non-hydrogen) atoms. The van der Waals surface area contributed by atoms with E-state index < -0.39 is 11.7 Å². The first-order chi connectivity index (χ1) is 12.8. The van der Waals surface area contributed by atoms with E-state index in [4.69, 9.17) is 16.3 Å². The lowest BCUT2D eigenvalue weighted by atomic mass is 10.3. The van der Waals surface area contributed by atoms with Crippen molar-refractivity contribution < 1.29 is 17.9 Å². The smallest absolute Gasteiger partial charge is 0.417 e. The third kappa shape index (κ3) is 7.74. The summed E-state index contributed by atoms with van der Waals surface area (Å²) in [6, 6.07) is 2.77. The maximum atomic E-state index is 12.6. The van der Waals surface area contributed by atoms with E-state index in [0.29, 0.717) is 31.8 Å². The number of alkyl halides is 3. The van der Waals surface area contributed by atoms with Crippen molar-refractivity contribution in [1.29, 1.82) is 0 Å². The standard InChI is InChI=1S/C17H21ClF3N5O.HI/c1-3-22-16(25-9-12-4-6-26(2)11-12)23-5-7-27-15-14(18)8-13(10-24-15)17(19,20)21;/h4,6,8,10-11H,3,5,7,9H2,1-2H3,(H2,22,23,25);1H. The first-order valence-corrected chi connectivity index (χ1v) is 8.66. The normalized spacial score (nSPS) is 11.7. The Balaban J connectivity index is 0.00000392. The van der Waals surface area contributed by atoms with E-state index >= 15 is 0 Å². The van der Waals surface area contributed by atoms with Gasteiger partial charge < -0.3 is 19.9 Å². The summed E-state index contributed by atoms with van der Waals surface area (Å²) in [6.07, 6.45) is 0.126. The summed E-state index contributed by atoms with van der Waals surface area (Å²) in [5.74, 6) is 0.564. The summed E-state index contributed by atoms with van der Waals surface area (Å²) in [6.45, 7) is 3.69. The van der Waals surface area contributed by atoms with Crippen LogP contribution in [0.25, 0.3) is 0 Å². The molecule has 0 spiro atoms. The Morgan fingerprint density at radius 3 is 2.68 bits per heavy atom. The van der Waals surface area contributed by atoms with Crippen LogP contribution in [-0.2, 0) is 19.8 Å². The highest BCUT2D eigenvalue weighted by Crippen LogP contribution is 2.32. The molecule has 11 heteroatoms. The van der Waals surface area contributed by atoms with Crippen LogP contribution in [0.1, 0.15) is 18.1 Å². The quantitative estimate of drug-likeness (QED) is 0.247. The number of pyridine rings is 1. The minimum atomic E-state index is -4.49. The molecule has 0 aliphatic carbocycles. The van der Waals surface area contributed by atoms with Gasteiger partial charge in [-0.25, -0.2) is 9.98 Å². The summed E-state index contributed by atoms with van der Waals surface area (Å²) in [5, 5.41) is 6.00. The van der Waals surface area contributed by atoms with E-state index in [-0.39, 0.29) is 41.5 Å². The fraction of sp³-hybridized carbons (Fsp3) is 0.412. The molecule has 0 saturated heterocycles. The molecule has 156 valence electrons. The predicted molar refractivity (Wildman–Crippen MR) is 113 cm³/mol. The van der Waals surface area contributed by atoms with E-state index in [9.17, 15) is 13.2 Å². The lowest BCUT2D eigenvalue weighted by Crippen LogP contribution is -2.39. The van der Waals surface area contributed by atoms with Gasteiger partial charge in [-0.05, 0) is 24.6 Å². The van der Waals surface area contributed by atoms with E-state index in [2.05, 4.69) is 20.6 Å². The van der Waals surface area contributed by atoms with Crippen molar-refractivity contribution in [3.8, 4) is 5.88 Å². The zero-order valence-electron chi connectivity index (χ0n) is 15.4. The first kappa shape index (κ1) is 24.3. The maximum absolute atomic E-state index is 12.6. The topological polar surface area (TPSA) is 63.5 Å². The number of hydrogen-bond acceptors (Lipinski definition) is 3. The Hall–Kier alpha value is -1.69. The molecule has 0 saturated carbocycles. The first-order valence-electron chi connectivity index (χ1n) is 8.28. The average Bonchev–Trinajstić information content (AvgIpc) is 3.02. The molecule has 0 atom stereocenters. The van der Waals surface area contributed by atoms with Crippen LogP contribution < -0.4 is 15.4 Å². The van der Waals surface area contributed by atoms with Crippen molar-refractivity contribution in [2.45, 2.75) is 19.6 Å². The van der Waals surface area contributed by atoms with Gasteiger partial charge >= 0.3 is 6.18 Å². The van der Waals surface area contributed by atoms with Gasteiger partial charge in [0.25, 0.3) is 0 Å². The minimum absolute atomic E-state index is 0. The zero-order chi connectivity index (χ0) is 19.9. The lowest BCUT2D eigenvalue weighted by molar-refractivity contribution is -0.137. The Kier molecular flexibility index (Phi) is 9.87. The number of nitrogens with one attached hydrogen (secondary N) is 2.